The Morgan fingerprint density at radius 1 is 0.920 bits per heavy atom. The number of carbonyl (C=O) groups excluding carboxylic acids is 2. The lowest BCUT2D eigenvalue weighted by molar-refractivity contribution is -0.191. The summed E-state index contributed by atoms with van der Waals surface area (Å²) in [4.78, 5) is 16.2. The highest BCUT2D eigenvalue weighted by molar-refractivity contribution is 5.43. The molecule has 0 saturated carbocycles. The third kappa shape index (κ3) is 3.52. The van der Waals surface area contributed by atoms with Gasteiger partial charge in [-0.25, -0.2) is 0 Å². The van der Waals surface area contributed by atoms with Crippen molar-refractivity contribution in [1.82, 2.24) is 0 Å². The monoisotopic (exact) mass is 336 g/mol. The fourth-order valence-corrected chi connectivity index (χ4v) is 4.31. The van der Waals surface area contributed by atoms with E-state index in [1.807, 2.05) is 0 Å². The first kappa shape index (κ1) is 17.4. The van der Waals surface area contributed by atoms with Crippen LogP contribution in [0.15, 0.2) is 36.4 Å². The van der Waals surface area contributed by atoms with Gasteiger partial charge < -0.3 is 4.74 Å². The molecule has 0 N–H and O–H groups in total. The zero-order chi connectivity index (χ0) is 17.9. The van der Waals surface area contributed by atoms with Crippen LogP contribution in [0.2, 0.25) is 0 Å². The number of aryl methyl sites for hydroxylation is 4. The summed E-state index contributed by atoms with van der Waals surface area (Å²) in [7, 11) is 0. The Morgan fingerprint density at radius 3 is 2.36 bits per heavy atom. The molecule has 1 aliphatic heterocycles. The molecule has 130 valence electrons. The number of fused-ring (bicyclic) bond motifs is 3. The van der Waals surface area contributed by atoms with Crippen LogP contribution in [0, 0.1) is 13.8 Å². The minimum Gasteiger partial charge on any atom is -0.492 e. The van der Waals surface area contributed by atoms with Crippen LogP contribution >= 0.6 is 0 Å². The minimum absolute atomic E-state index is 0.216. The van der Waals surface area contributed by atoms with Crippen molar-refractivity contribution < 1.29 is 14.3 Å². The zero-order valence-electron chi connectivity index (χ0n) is 14.9. The van der Waals surface area contributed by atoms with Crippen molar-refractivity contribution in [3.8, 4) is 5.75 Å². The van der Waals surface area contributed by atoms with Crippen LogP contribution in [0.3, 0.4) is 0 Å². The third-order valence-electron chi connectivity index (χ3n) is 5.53. The van der Waals surface area contributed by atoms with Crippen LogP contribution in [0.4, 0.5) is 0 Å². The molecule has 1 heterocycles. The van der Waals surface area contributed by atoms with Gasteiger partial charge in [0.25, 0.3) is 0 Å². The fraction of sp³-hybridized carbons (Fsp3) is 0.409. The lowest BCUT2D eigenvalue weighted by Crippen LogP contribution is -2.36. The van der Waals surface area contributed by atoms with E-state index in [4.69, 9.17) is 14.3 Å². The average molecular weight is 336 g/mol. The Hall–Kier alpha value is -2.38. The molecular weight excluding hydrogens is 312 g/mol. The molecule has 3 heteroatoms. The zero-order valence-corrected chi connectivity index (χ0v) is 14.9. The highest BCUT2D eigenvalue weighted by atomic mass is 16.5. The van der Waals surface area contributed by atoms with E-state index in [1.165, 1.54) is 42.4 Å². The van der Waals surface area contributed by atoms with Crippen LogP contribution in [0.25, 0.3) is 0 Å². The van der Waals surface area contributed by atoms with Crippen molar-refractivity contribution in [3.63, 3.8) is 0 Å². The van der Waals surface area contributed by atoms with Gasteiger partial charge in [-0.15, -0.1) is 0 Å². The standard InChI is InChI=1S/C21H24O.CO2/c1-15-5-7-19-17(12-15)4-3-10-21(19)11-9-18-13-16(2)6-8-20(18)22-14-21;2-1-3/h5-8,12-13H,3-4,9-11,14H2,1-2H3;/t21-;/m0./s1. The second-order valence-corrected chi connectivity index (χ2v) is 7.28. The van der Waals surface area contributed by atoms with Crippen molar-refractivity contribution in [2.45, 2.75) is 51.4 Å². The van der Waals surface area contributed by atoms with Crippen molar-refractivity contribution in [3.05, 3.63) is 64.2 Å². The van der Waals surface area contributed by atoms with Gasteiger partial charge in [0.1, 0.15) is 5.75 Å². The molecule has 4 rings (SSSR count). The van der Waals surface area contributed by atoms with E-state index in [2.05, 4.69) is 50.2 Å². The van der Waals surface area contributed by atoms with Crippen LogP contribution < -0.4 is 4.74 Å². The largest absolute Gasteiger partial charge is 0.492 e. The number of rotatable bonds is 0. The number of benzene rings is 2. The van der Waals surface area contributed by atoms with Gasteiger partial charge in [0.15, 0.2) is 0 Å². The van der Waals surface area contributed by atoms with Gasteiger partial charge in [0, 0.05) is 5.41 Å². The summed E-state index contributed by atoms with van der Waals surface area (Å²) in [5.41, 5.74) is 7.41. The SMILES string of the molecule is Cc1ccc2c(c1)CC[C@@]1(CCCc3cc(C)ccc31)CO2.O=C=O. The molecule has 0 radical (unpaired) electrons. The van der Waals surface area contributed by atoms with E-state index in [-0.39, 0.29) is 11.6 Å². The molecule has 2 aromatic rings. The smallest absolute Gasteiger partial charge is 0.373 e. The molecule has 1 aliphatic carbocycles. The van der Waals surface area contributed by atoms with Gasteiger partial charge in [-0.1, -0.05) is 41.5 Å². The number of hydrogen-bond donors (Lipinski definition) is 0. The Balaban J connectivity index is 0.000000569. The number of hydrogen-bond acceptors (Lipinski definition) is 3. The summed E-state index contributed by atoms with van der Waals surface area (Å²) in [6, 6.07) is 13.6. The first-order valence-electron chi connectivity index (χ1n) is 8.89. The van der Waals surface area contributed by atoms with Crippen molar-refractivity contribution >= 4 is 6.15 Å². The maximum absolute atomic E-state index is 8.12. The van der Waals surface area contributed by atoms with Gasteiger partial charge in [0.05, 0.1) is 6.61 Å². The Bertz CT molecular complexity index is 803. The fourth-order valence-electron chi connectivity index (χ4n) is 4.31. The summed E-state index contributed by atoms with van der Waals surface area (Å²) in [6.45, 7) is 5.20. The Labute approximate surface area is 149 Å². The molecule has 0 unspecified atom stereocenters. The van der Waals surface area contributed by atoms with E-state index in [0.717, 1.165) is 18.8 Å². The quantitative estimate of drug-likeness (QED) is 0.719. The highest BCUT2D eigenvalue weighted by Crippen LogP contribution is 2.44. The van der Waals surface area contributed by atoms with Gasteiger partial charge in [0.2, 0.25) is 0 Å². The van der Waals surface area contributed by atoms with E-state index in [1.54, 1.807) is 11.1 Å². The molecular formula is C22H24O3. The maximum atomic E-state index is 8.12. The summed E-state index contributed by atoms with van der Waals surface area (Å²) < 4.78 is 6.28. The van der Waals surface area contributed by atoms with Crippen LogP contribution in [0.5, 0.6) is 5.75 Å². The van der Waals surface area contributed by atoms with Crippen molar-refractivity contribution in [2.75, 3.05) is 6.61 Å². The molecule has 25 heavy (non-hydrogen) atoms. The Morgan fingerprint density at radius 2 is 1.60 bits per heavy atom. The molecule has 2 aliphatic rings. The average Bonchev–Trinajstić information content (AvgIpc) is 2.76. The lowest BCUT2D eigenvalue weighted by atomic mass is 9.67. The molecule has 1 spiro atoms. The third-order valence-corrected chi connectivity index (χ3v) is 5.53. The normalized spacial score (nSPS) is 20.9. The molecule has 2 aromatic carbocycles. The van der Waals surface area contributed by atoms with Crippen molar-refractivity contribution in [1.29, 1.82) is 0 Å². The summed E-state index contributed by atoms with van der Waals surface area (Å²) in [5, 5.41) is 0. The Kier molecular flexibility index (Phi) is 5.06. The van der Waals surface area contributed by atoms with Gasteiger partial charge in [-0.3, -0.25) is 0 Å². The molecule has 0 fully saturated rings. The van der Waals surface area contributed by atoms with E-state index >= 15 is 0 Å². The van der Waals surface area contributed by atoms with Crippen LogP contribution in [-0.4, -0.2) is 12.8 Å². The highest BCUT2D eigenvalue weighted by Gasteiger charge is 2.38. The predicted molar refractivity (Wildman–Crippen MR) is 95.8 cm³/mol. The molecule has 0 bridgehead atoms. The van der Waals surface area contributed by atoms with Gasteiger partial charge >= 0.3 is 6.15 Å². The van der Waals surface area contributed by atoms with E-state index in [9.17, 15) is 0 Å². The molecule has 0 saturated heterocycles. The second-order valence-electron chi connectivity index (χ2n) is 7.28. The predicted octanol–water partition coefficient (Wildman–Crippen LogP) is 4.32. The molecule has 1 atom stereocenters. The van der Waals surface area contributed by atoms with Crippen molar-refractivity contribution in [2.24, 2.45) is 0 Å². The second kappa shape index (κ2) is 7.25. The van der Waals surface area contributed by atoms with Gasteiger partial charge in [-0.05, 0) is 68.7 Å². The van der Waals surface area contributed by atoms with Crippen LogP contribution in [0.1, 0.15) is 47.1 Å². The summed E-state index contributed by atoms with van der Waals surface area (Å²) in [5.74, 6) is 1.10. The van der Waals surface area contributed by atoms with Crippen LogP contribution in [-0.2, 0) is 27.8 Å². The first-order chi connectivity index (χ1) is 12.1. The minimum atomic E-state index is 0.216. The van der Waals surface area contributed by atoms with E-state index in [0.29, 0.717) is 0 Å². The van der Waals surface area contributed by atoms with Gasteiger partial charge in [-0.2, -0.15) is 9.59 Å². The molecule has 0 amide bonds. The first-order valence-corrected chi connectivity index (χ1v) is 8.89. The maximum Gasteiger partial charge on any atom is 0.373 e. The lowest BCUT2D eigenvalue weighted by Gasteiger charge is -2.38. The number of ether oxygens (including phenoxy) is 1. The summed E-state index contributed by atoms with van der Waals surface area (Å²) in [6.07, 6.45) is 6.36. The molecule has 3 nitrogen and oxygen atoms in total. The van der Waals surface area contributed by atoms with E-state index < -0.39 is 0 Å². The topological polar surface area (TPSA) is 43.4 Å². The summed E-state index contributed by atoms with van der Waals surface area (Å²) >= 11 is 0. The molecule has 0 aromatic heterocycles.